The molecule has 4 heterocycles. The molecular formula is C37H36ClN3O6. The average Bonchev–Trinajstić information content (AvgIpc) is 3.34. The van der Waals surface area contributed by atoms with Crippen molar-refractivity contribution < 1.29 is 29.0 Å². The number of nitrogens with zero attached hydrogens (tertiary/aromatic N) is 3. The molecule has 9 nitrogen and oxygen atoms in total. The van der Waals surface area contributed by atoms with Gasteiger partial charge in [0.25, 0.3) is 5.91 Å². The zero-order valence-electron chi connectivity index (χ0n) is 26.2. The van der Waals surface area contributed by atoms with Crippen LogP contribution in [0, 0.1) is 11.8 Å². The second-order valence-electron chi connectivity index (χ2n) is 12.5. The second-order valence-corrected chi connectivity index (χ2v) is 12.9. The number of hydrogen-bond acceptors (Lipinski definition) is 6. The van der Waals surface area contributed by atoms with E-state index in [1.165, 1.54) is 4.90 Å². The standard InChI is InChI=1S/C37H36ClN3O6/c1-3-46-28-17-15-27(16-18-28)39-21-7-19-36(2)30(33(39)43)31-34(44)41(29(23-42)24-9-5-4-6-10-24)32-35(45)40(22-8-20-37(31,32)47-36)26-13-11-25(38)12-14-26/h4-20,29-32,42H,3,21-23H2,1-2H3/t29-,30+,31+,32?,36-,37+/m1/s1. The lowest BCUT2D eigenvalue weighted by Crippen LogP contribution is -2.57. The predicted octanol–water partition coefficient (Wildman–Crippen LogP) is 4.95. The lowest BCUT2D eigenvalue weighted by molar-refractivity contribution is -0.148. The van der Waals surface area contributed by atoms with E-state index < -0.39 is 47.6 Å². The summed E-state index contributed by atoms with van der Waals surface area (Å²) < 4.78 is 12.6. The number of rotatable bonds is 7. The van der Waals surface area contributed by atoms with E-state index >= 15 is 0 Å². The Labute approximate surface area is 278 Å². The molecule has 1 N–H and O–H groups in total. The third-order valence-electron chi connectivity index (χ3n) is 9.79. The molecule has 3 amide bonds. The Morgan fingerprint density at radius 2 is 1.47 bits per heavy atom. The first kappa shape index (κ1) is 31.2. The van der Waals surface area contributed by atoms with Gasteiger partial charge in [-0.1, -0.05) is 66.2 Å². The van der Waals surface area contributed by atoms with Gasteiger partial charge in [-0.15, -0.1) is 0 Å². The van der Waals surface area contributed by atoms with E-state index in [0.717, 1.165) is 0 Å². The molecule has 3 aromatic rings. The maximum absolute atomic E-state index is 15.0. The summed E-state index contributed by atoms with van der Waals surface area (Å²) in [7, 11) is 0. The molecule has 4 aliphatic heterocycles. The molecule has 0 aliphatic carbocycles. The summed E-state index contributed by atoms with van der Waals surface area (Å²) in [6, 6.07) is 21.3. The molecule has 7 rings (SSSR count). The molecule has 47 heavy (non-hydrogen) atoms. The summed E-state index contributed by atoms with van der Waals surface area (Å²) in [6.07, 6.45) is 7.37. The van der Waals surface area contributed by atoms with E-state index in [2.05, 4.69) is 0 Å². The van der Waals surface area contributed by atoms with E-state index in [1.807, 2.05) is 86.7 Å². The number of carbonyl (C=O) groups is 3. The number of anilines is 2. The molecule has 0 bridgehead atoms. The fraction of sp³-hybridized carbons (Fsp3) is 0.324. The number of likely N-dealkylation sites (tertiary alicyclic amines) is 1. The van der Waals surface area contributed by atoms with Crippen LogP contribution >= 0.6 is 11.6 Å². The zero-order valence-corrected chi connectivity index (χ0v) is 26.9. The molecule has 0 radical (unpaired) electrons. The smallest absolute Gasteiger partial charge is 0.253 e. The molecule has 242 valence electrons. The van der Waals surface area contributed by atoms with Gasteiger partial charge in [-0.05, 0) is 67.9 Å². The topological polar surface area (TPSA) is 99.6 Å². The minimum Gasteiger partial charge on any atom is -0.494 e. The maximum Gasteiger partial charge on any atom is 0.253 e. The first-order chi connectivity index (χ1) is 22.7. The number of ether oxygens (including phenoxy) is 2. The van der Waals surface area contributed by atoms with Crippen molar-refractivity contribution in [2.24, 2.45) is 11.8 Å². The quantitative estimate of drug-likeness (QED) is 0.363. The fourth-order valence-electron chi connectivity index (χ4n) is 7.80. The number of hydrogen-bond donors (Lipinski definition) is 1. The van der Waals surface area contributed by atoms with Gasteiger partial charge in [0.2, 0.25) is 11.8 Å². The number of fused-ring (bicyclic) bond motifs is 2. The van der Waals surface area contributed by atoms with Crippen LogP contribution < -0.4 is 14.5 Å². The first-order valence-corrected chi connectivity index (χ1v) is 16.2. The summed E-state index contributed by atoms with van der Waals surface area (Å²) in [5.74, 6) is -2.38. The number of amides is 3. The molecule has 6 atom stereocenters. The van der Waals surface area contributed by atoms with Crippen LogP contribution in [0.25, 0.3) is 0 Å². The lowest BCUT2D eigenvalue weighted by Gasteiger charge is -2.40. The van der Waals surface area contributed by atoms with Crippen molar-refractivity contribution in [2.45, 2.75) is 37.1 Å². The first-order valence-electron chi connectivity index (χ1n) is 15.9. The van der Waals surface area contributed by atoms with Crippen molar-refractivity contribution in [2.75, 3.05) is 36.1 Å². The number of aliphatic hydroxyl groups excluding tert-OH is 1. The molecule has 2 saturated heterocycles. The molecule has 3 aromatic carbocycles. The minimum absolute atomic E-state index is 0.218. The van der Waals surface area contributed by atoms with Crippen molar-refractivity contribution in [3.8, 4) is 5.75 Å². The highest BCUT2D eigenvalue weighted by Crippen LogP contribution is 2.59. The zero-order chi connectivity index (χ0) is 32.9. The Balaban J connectivity index is 1.36. The monoisotopic (exact) mass is 653 g/mol. The molecule has 4 aliphatic rings. The van der Waals surface area contributed by atoms with E-state index in [9.17, 15) is 19.5 Å². The van der Waals surface area contributed by atoms with E-state index in [0.29, 0.717) is 34.3 Å². The summed E-state index contributed by atoms with van der Waals surface area (Å²) in [5, 5.41) is 11.3. The molecule has 0 aromatic heterocycles. The van der Waals surface area contributed by atoms with Crippen LogP contribution in [-0.2, 0) is 19.1 Å². The van der Waals surface area contributed by atoms with Crippen LogP contribution in [0.4, 0.5) is 11.4 Å². The Morgan fingerprint density at radius 1 is 0.851 bits per heavy atom. The van der Waals surface area contributed by atoms with Gasteiger partial charge in [0.15, 0.2) is 0 Å². The Kier molecular flexibility index (Phi) is 7.94. The van der Waals surface area contributed by atoms with Gasteiger partial charge in [-0.25, -0.2) is 0 Å². The van der Waals surface area contributed by atoms with E-state index in [1.54, 1.807) is 40.1 Å². The largest absolute Gasteiger partial charge is 0.494 e. The van der Waals surface area contributed by atoms with Crippen molar-refractivity contribution in [1.29, 1.82) is 0 Å². The normalized spacial score (nSPS) is 28.9. The summed E-state index contributed by atoms with van der Waals surface area (Å²) >= 11 is 6.17. The van der Waals surface area contributed by atoms with Crippen LogP contribution in [0.1, 0.15) is 25.5 Å². The van der Waals surface area contributed by atoms with Crippen molar-refractivity contribution in [3.63, 3.8) is 0 Å². The van der Waals surface area contributed by atoms with Gasteiger partial charge < -0.3 is 29.3 Å². The van der Waals surface area contributed by atoms with Crippen molar-refractivity contribution in [1.82, 2.24) is 4.90 Å². The van der Waals surface area contributed by atoms with Crippen LogP contribution in [0.3, 0.4) is 0 Å². The third kappa shape index (κ3) is 4.96. The van der Waals surface area contributed by atoms with E-state index in [-0.39, 0.29) is 24.9 Å². The van der Waals surface area contributed by atoms with Gasteiger partial charge in [0.1, 0.15) is 17.4 Å². The minimum atomic E-state index is -1.49. The van der Waals surface area contributed by atoms with Gasteiger partial charge in [0.05, 0.1) is 36.7 Å². The van der Waals surface area contributed by atoms with Gasteiger partial charge >= 0.3 is 0 Å². The highest BCUT2D eigenvalue weighted by atomic mass is 35.5. The van der Waals surface area contributed by atoms with Crippen LogP contribution in [0.5, 0.6) is 5.75 Å². The Morgan fingerprint density at radius 3 is 2.11 bits per heavy atom. The van der Waals surface area contributed by atoms with Crippen LogP contribution in [-0.4, -0.2) is 71.3 Å². The molecule has 2 fully saturated rings. The molecule has 1 spiro atoms. The van der Waals surface area contributed by atoms with Gasteiger partial charge in [0, 0.05) is 29.5 Å². The number of carbonyl (C=O) groups excluding carboxylic acids is 3. The van der Waals surface area contributed by atoms with Crippen molar-refractivity contribution >= 4 is 40.7 Å². The van der Waals surface area contributed by atoms with E-state index in [4.69, 9.17) is 21.1 Å². The highest BCUT2D eigenvalue weighted by molar-refractivity contribution is 6.30. The number of benzene rings is 3. The third-order valence-corrected chi connectivity index (χ3v) is 10.0. The predicted molar refractivity (Wildman–Crippen MR) is 178 cm³/mol. The van der Waals surface area contributed by atoms with Crippen LogP contribution in [0.15, 0.2) is 103 Å². The number of halogens is 1. The SMILES string of the molecule is CCOc1ccc(N2CC=C[C@@]3(C)O[C@]45C=CCN(c6ccc(Cl)cc6)C(=O)C4N([C@H](CO)c4ccccc4)C(=O)[C@@H]5[C@H]3C2=O)cc1. The number of aliphatic hydroxyl groups is 1. The highest BCUT2D eigenvalue weighted by Gasteiger charge is 2.75. The summed E-state index contributed by atoms with van der Waals surface area (Å²) in [4.78, 5) is 49.3. The maximum atomic E-state index is 15.0. The molecule has 10 heteroatoms. The van der Waals surface area contributed by atoms with Gasteiger partial charge in [-0.2, -0.15) is 0 Å². The molecule has 0 saturated carbocycles. The van der Waals surface area contributed by atoms with Gasteiger partial charge in [-0.3, -0.25) is 14.4 Å². The van der Waals surface area contributed by atoms with Crippen LogP contribution in [0.2, 0.25) is 5.02 Å². The second kappa shape index (κ2) is 12.0. The summed E-state index contributed by atoms with van der Waals surface area (Å²) in [6.45, 7) is 4.31. The molecular weight excluding hydrogens is 618 g/mol. The lowest BCUT2D eigenvalue weighted by atomic mass is 9.74. The summed E-state index contributed by atoms with van der Waals surface area (Å²) in [5.41, 5.74) is -0.745. The van der Waals surface area contributed by atoms with Crippen molar-refractivity contribution in [3.05, 3.63) is 114 Å². The Bertz CT molecular complexity index is 1750. The Hall–Kier alpha value is -4.44. The molecule has 1 unspecified atom stereocenters. The fourth-order valence-corrected chi connectivity index (χ4v) is 7.93. The average molecular weight is 654 g/mol.